The standard InChI is InChI=1S/C24H33NO4S/c1-6-7-23(26)24(18(2)3)30(27,28)25(16-20-10-8-19(4)9-11-20)17-21-12-14-22(29-5)15-13-21/h6,8-15,18,23-24,26H,1,7,16-17H2,2-5H3/t23-,24-/m1/s1. The third-order valence-electron chi connectivity index (χ3n) is 5.15. The smallest absolute Gasteiger partial charge is 0.220 e. The first-order chi connectivity index (χ1) is 14.2. The number of hydrogen-bond acceptors (Lipinski definition) is 4. The highest BCUT2D eigenvalue weighted by Gasteiger charge is 2.39. The Morgan fingerprint density at radius 1 is 1.03 bits per heavy atom. The molecule has 0 aliphatic carbocycles. The van der Waals surface area contributed by atoms with Crippen LogP contribution in [0.25, 0.3) is 0 Å². The fourth-order valence-electron chi connectivity index (χ4n) is 3.53. The second-order valence-corrected chi connectivity index (χ2v) is 10.0. The van der Waals surface area contributed by atoms with Gasteiger partial charge in [-0.05, 0) is 42.5 Å². The van der Waals surface area contributed by atoms with Gasteiger partial charge in [-0.25, -0.2) is 8.42 Å². The van der Waals surface area contributed by atoms with Crippen molar-refractivity contribution in [3.63, 3.8) is 0 Å². The maximum absolute atomic E-state index is 13.7. The maximum atomic E-state index is 13.7. The molecule has 2 aromatic carbocycles. The highest BCUT2D eigenvalue weighted by molar-refractivity contribution is 7.89. The van der Waals surface area contributed by atoms with Gasteiger partial charge in [-0.1, -0.05) is 61.9 Å². The van der Waals surface area contributed by atoms with Crippen molar-refractivity contribution in [1.29, 1.82) is 0 Å². The molecular weight excluding hydrogens is 398 g/mol. The van der Waals surface area contributed by atoms with Crippen molar-refractivity contribution < 1.29 is 18.3 Å². The molecule has 1 N–H and O–H groups in total. The van der Waals surface area contributed by atoms with Gasteiger partial charge in [0.2, 0.25) is 10.0 Å². The summed E-state index contributed by atoms with van der Waals surface area (Å²) in [6.07, 6.45) is 0.774. The predicted molar refractivity (Wildman–Crippen MR) is 122 cm³/mol. The molecule has 0 radical (unpaired) electrons. The van der Waals surface area contributed by atoms with Crippen LogP contribution in [0.4, 0.5) is 0 Å². The lowest BCUT2D eigenvalue weighted by atomic mass is 10.0. The number of aliphatic hydroxyl groups is 1. The zero-order valence-corrected chi connectivity index (χ0v) is 19.1. The lowest BCUT2D eigenvalue weighted by Gasteiger charge is -2.32. The van der Waals surface area contributed by atoms with Crippen LogP contribution in [0.15, 0.2) is 61.2 Å². The average molecular weight is 432 g/mol. The first-order valence-corrected chi connectivity index (χ1v) is 11.7. The Morgan fingerprint density at radius 3 is 1.97 bits per heavy atom. The van der Waals surface area contributed by atoms with Crippen LogP contribution < -0.4 is 4.74 Å². The Labute approximate surface area is 181 Å². The van der Waals surface area contributed by atoms with Crippen LogP contribution in [0.2, 0.25) is 0 Å². The largest absolute Gasteiger partial charge is 0.497 e. The number of rotatable bonds is 11. The van der Waals surface area contributed by atoms with E-state index in [2.05, 4.69) is 6.58 Å². The van der Waals surface area contributed by atoms with E-state index in [1.165, 1.54) is 4.31 Å². The van der Waals surface area contributed by atoms with E-state index in [1.807, 2.05) is 69.3 Å². The van der Waals surface area contributed by atoms with E-state index in [-0.39, 0.29) is 25.4 Å². The molecule has 0 amide bonds. The molecule has 0 aromatic heterocycles. The van der Waals surface area contributed by atoms with E-state index in [1.54, 1.807) is 13.2 Å². The summed E-state index contributed by atoms with van der Waals surface area (Å²) < 4.78 is 34.1. The number of ether oxygens (including phenoxy) is 1. The molecule has 0 spiro atoms. The summed E-state index contributed by atoms with van der Waals surface area (Å²) in [4.78, 5) is 0. The van der Waals surface area contributed by atoms with E-state index < -0.39 is 21.4 Å². The Morgan fingerprint density at radius 2 is 1.53 bits per heavy atom. The monoisotopic (exact) mass is 431 g/mol. The number of aliphatic hydroxyl groups excluding tert-OH is 1. The van der Waals surface area contributed by atoms with Crippen molar-refractivity contribution in [2.75, 3.05) is 7.11 Å². The minimum Gasteiger partial charge on any atom is -0.497 e. The minimum atomic E-state index is -3.80. The van der Waals surface area contributed by atoms with Crippen molar-refractivity contribution in [2.45, 2.75) is 51.6 Å². The van der Waals surface area contributed by atoms with E-state index in [4.69, 9.17) is 4.74 Å². The SMILES string of the molecule is C=CC[C@@H](O)[C@@H](C(C)C)S(=O)(=O)N(Cc1ccc(C)cc1)Cc1ccc(OC)cc1. The summed E-state index contributed by atoms with van der Waals surface area (Å²) >= 11 is 0. The van der Waals surface area contributed by atoms with Gasteiger partial charge in [0, 0.05) is 13.1 Å². The lowest BCUT2D eigenvalue weighted by molar-refractivity contribution is 0.151. The first-order valence-electron chi connectivity index (χ1n) is 10.2. The second-order valence-electron chi connectivity index (χ2n) is 7.95. The molecule has 30 heavy (non-hydrogen) atoms. The van der Waals surface area contributed by atoms with Gasteiger partial charge >= 0.3 is 0 Å². The number of benzene rings is 2. The molecule has 0 bridgehead atoms. The topological polar surface area (TPSA) is 66.8 Å². The van der Waals surface area contributed by atoms with Crippen molar-refractivity contribution in [3.8, 4) is 5.75 Å². The van der Waals surface area contributed by atoms with Crippen LogP contribution >= 0.6 is 0 Å². The maximum Gasteiger partial charge on any atom is 0.220 e. The zero-order chi connectivity index (χ0) is 22.3. The molecule has 6 heteroatoms. The number of nitrogens with zero attached hydrogens (tertiary/aromatic N) is 1. The zero-order valence-electron chi connectivity index (χ0n) is 18.3. The van der Waals surface area contributed by atoms with E-state index in [9.17, 15) is 13.5 Å². The number of hydrogen-bond donors (Lipinski definition) is 1. The lowest BCUT2D eigenvalue weighted by Crippen LogP contribution is -2.46. The fraction of sp³-hybridized carbons (Fsp3) is 0.417. The summed E-state index contributed by atoms with van der Waals surface area (Å²) in [7, 11) is -2.21. The molecule has 5 nitrogen and oxygen atoms in total. The third-order valence-corrected chi connectivity index (χ3v) is 7.67. The summed E-state index contributed by atoms with van der Waals surface area (Å²) in [5.74, 6) is 0.467. The Hall–Kier alpha value is -2.15. The Bertz CT molecular complexity index is 905. The number of methoxy groups -OCH3 is 1. The second kappa shape index (κ2) is 10.8. The van der Waals surface area contributed by atoms with Crippen molar-refractivity contribution in [2.24, 2.45) is 5.92 Å². The average Bonchev–Trinajstić information content (AvgIpc) is 2.69. The van der Waals surface area contributed by atoms with Crippen LogP contribution in [-0.4, -0.2) is 36.3 Å². The van der Waals surface area contributed by atoms with Crippen LogP contribution in [0.3, 0.4) is 0 Å². The molecular formula is C24H33NO4S. The van der Waals surface area contributed by atoms with Gasteiger partial charge in [-0.2, -0.15) is 4.31 Å². The molecule has 0 unspecified atom stereocenters. The van der Waals surface area contributed by atoms with Crippen molar-refractivity contribution >= 4 is 10.0 Å². The molecule has 2 aromatic rings. The number of aryl methyl sites for hydroxylation is 1. The minimum absolute atomic E-state index is 0.213. The van der Waals surface area contributed by atoms with Crippen LogP contribution in [-0.2, 0) is 23.1 Å². The molecule has 0 saturated heterocycles. The summed E-state index contributed by atoms with van der Waals surface area (Å²) in [5.41, 5.74) is 2.87. The third kappa shape index (κ3) is 6.17. The van der Waals surface area contributed by atoms with E-state index >= 15 is 0 Å². The van der Waals surface area contributed by atoms with Crippen LogP contribution in [0, 0.1) is 12.8 Å². The molecule has 0 aliphatic rings. The van der Waals surface area contributed by atoms with Gasteiger partial charge in [0.15, 0.2) is 0 Å². The normalized spacial score (nSPS) is 14.0. The van der Waals surface area contributed by atoms with E-state index in [0.29, 0.717) is 5.75 Å². The summed E-state index contributed by atoms with van der Waals surface area (Å²) in [6.45, 7) is 9.74. The number of sulfonamides is 1. The molecule has 164 valence electrons. The molecule has 0 aliphatic heterocycles. The van der Waals surface area contributed by atoms with Gasteiger partial charge in [0.25, 0.3) is 0 Å². The Balaban J connectivity index is 2.42. The van der Waals surface area contributed by atoms with Crippen LogP contribution in [0.1, 0.15) is 37.0 Å². The van der Waals surface area contributed by atoms with Gasteiger partial charge < -0.3 is 9.84 Å². The highest BCUT2D eigenvalue weighted by atomic mass is 32.2. The van der Waals surface area contributed by atoms with Gasteiger partial charge in [0.05, 0.1) is 13.2 Å². The predicted octanol–water partition coefficient (Wildman–Crippen LogP) is 4.30. The molecule has 2 rings (SSSR count). The molecule has 0 fully saturated rings. The quantitative estimate of drug-likeness (QED) is 0.539. The van der Waals surface area contributed by atoms with Crippen LogP contribution in [0.5, 0.6) is 5.75 Å². The van der Waals surface area contributed by atoms with Gasteiger partial charge in [0.1, 0.15) is 11.0 Å². The summed E-state index contributed by atoms with van der Waals surface area (Å²) in [6, 6.07) is 15.2. The van der Waals surface area contributed by atoms with Gasteiger partial charge in [-0.3, -0.25) is 0 Å². The molecule has 0 heterocycles. The fourth-order valence-corrected chi connectivity index (χ4v) is 5.73. The summed E-state index contributed by atoms with van der Waals surface area (Å²) in [5, 5.41) is 9.69. The first kappa shape index (κ1) is 24.1. The van der Waals surface area contributed by atoms with Crippen molar-refractivity contribution in [3.05, 3.63) is 77.9 Å². The Kier molecular flexibility index (Phi) is 8.65. The molecule has 0 saturated carbocycles. The van der Waals surface area contributed by atoms with E-state index in [0.717, 1.165) is 16.7 Å². The highest BCUT2D eigenvalue weighted by Crippen LogP contribution is 2.26. The van der Waals surface area contributed by atoms with Gasteiger partial charge in [-0.15, -0.1) is 6.58 Å². The van der Waals surface area contributed by atoms with Crippen molar-refractivity contribution in [1.82, 2.24) is 4.31 Å². The molecule has 2 atom stereocenters.